The maximum Gasteiger partial charge on any atom is 0.261 e. The smallest absolute Gasteiger partial charge is 0.261 e. The van der Waals surface area contributed by atoms with Crippen molar-refractivity contribution in [3.05, 3.63) is 69.2 Å². The third-order valence-electron chi connectivity index (χ3n) is 4.66. The second-order valence-electron chi connectivity index (χ2n) is 6.76. The van der Waals surface area contributed by atoms with Crippen molar-refractivity contribution in [2.45, 2.75) is 32.7 Å². The normalized spacial score (nSPS) is 14.3. The summed E-state index contributed by atoms with van der Waals surface area (Å²) in [6, 6.07) is 12.9. The number of fused-ring (bicyclic) bond motifs is 1. The quantitative estimate of drug-likeness (QED) is 0.706. The monoisotopic (exact) mass is 428 g/mol. The molecule has 0 bridgehead atoms. The van der Waals surface area contributed by atoms with Crippen LogP contribution in [0.25, 0.3) is 0 Å². The van der Waals surface area contributed by atoms with E-state index in [2.05, 4.69) is 21.2 Å². The summed E-state index contributed by atoms with van der Waals surface area (Å²) >= 11 is 3.39. The molecule has 0 radical (unpaired) electrons. The van der Waals surface area contributed by atoms with Crippen LogP contribution in [-0.2, 0) is 4.79 Å². The number of carbonyl (C=O) groups excluding carboxylic acids is 3. The summed E-state index contributed by atoms with van der Waals surface area (Å²) in [6.07, 6.45) is 0.691. The molecule has 0 aromatic heterocycles. The van der Waals surface area contributed by atoms with E-state index in [1.165, 1.54) is 4.90 Å². The van der Waals surface area contributed by atoms with Crippen LogP contribution in [-0.4, -0.2) is 29.2 Å². The van der Waals surface area contributed by atoms with Crippen LogP contribution in [0.2, 0.25) is 0 Å². The lowest BCUT2D eigenvalue weighted by Gasteiger charge is -2.16. The number of hydrogen-bond donors (Lipinski definition) is 1. The van der Waals surface area contributed by atoms with Crippen molar-refractivity contribution in [3.63, 3.8) is 0 Å². The van der Waals surface area contributed by atoms with Gasteiger partial charge in [0.2, 0.25) is 5.91 Å². The van der Waals surface area contributed by atoms with Gasteiger partial charge in [0.15, 0.2) is 0 Å². The van der Waals surface area contributed by atoms with Crippen LogP contribution in [0, 0.1) is 6.92 Å². The lowest BCUT2D eigenvalue weighted by Crippen LogP contribution is -2.32. The molecule has 2 aromatic rings. The first-order chi connectivity index (χ1) is 12.9. The van der Waals surface area contributed by atoms with Crippen molar-refractivity contribution in [1.29, 1.82) is 0 Å². The zero-order valence-corrected chi connectivity index (χ0v) is 16.9. The Bertz CT molecular complexity index is 893. The molecule has 1 unspecified atom stereocenters. The largest absolute Gasteiger partial charge is 0.350 e. The highest BCUT2D eigenvalue weighted by Gasteiger charge is 2.34. The van der Waals surface area contributed by atoms with Crippen LogP contribution < -0.4 is 5.32 Å². The summed E-state index contributed by atoms with van der Waals surface area (Å²) in [5, 5.41) is 2.95. The van der Waals surface area contributed by atoms with Gasteiger partial charge in [-0.25, -0.2) is 0 Å². The first kappa shape index (κ1) is 19.3. The number of halogens is 1. The summed E-state index contributed by atoms with van der Waals surface area (Å²) < 4.78 is 0.987. The first-order valence-electron chi connectivity index (χ1n) is 8.88. The Kier molecular flexibility index (Phi) is 5.75. The van der Waals surface area contributed by atoms with Gasteiger partial charge in [0.05, 0.1) is 17.2 Å². The molecule has 0 fully saturated rings. The van der Waals surface area contributed by atoms with Crippen LogP contribution in [0.1, 0.15) is 57.7 Å². The van der Waals surface area contributed by atoms with E-state index in [1.54, 1.807) is 12.1 Å². The van der Waals surface area contributed by atoms with Crippen molar-refractivity contribution in [1.82, 2.24) is 10.2 Å². The van der Waals surface area contributed by atoms with Crippen LogP contribution in [0.5, 0.6) is 0 Å². The van der Waals surface area contributed by atoms with Gasteiger partial charge in [-0.3, -0.25) is 19.3 Å². The van der Waals surface area contributed by atoms with Gasteiger partial charge in [-0.05, 0) is 50.1 Å². The third kappa shape index (κ3) is 4.27. The number of aryl methyl sites for hydroxylation is 1. The minimum absolute atomic E-state index is 0.0992. The van der Waals surface area contributed by atoms with Crippen molar-refractivity contribution in [2.24, 2.45) is 0 Å². The molecule has 27 heavy (non-hydrogen) atoms. The molecule has 0 saturated heterocycles. The molecule has 0 aliphatic carbocycles. The summed E-state index contributed by atoms with van der Waals surface area (Å²) in [5.74, 6) is -0.654. The molecule has 5 nitrogen and oxygen atoms in total. The lowest BCUT2D eigenvalue weighted by atomic mass is 10.1. The van der Waals surface area contributed by atoms with E-state index in [0.29, 0.717) is 17.5 Å². The highest BCUT2D eigenvalue weighted by molar-refractivity contribution is 9.10. The fourth-order valence-corrected chi connectivity index (χ4v) is 3.42. The van der Waals surface area contributed by atoms with E-state index in [1.807, 2.05) is 44.2 Å². The minimum Gasteiger partial charge on any atom is -0.350 e. The molecular weight excluding hydrogens is 408 g/mol. The van der Waals surface area contributed by atoms with Gasteiger partial charge in [-0.1, -0.05) is 39.7 Å². The number of benzene rings is 2. The number of carbonyl (C=O) groups is 3. The number of nitrogens with zero attached hydrogens (tertiary/aromatic N) is 1. The number of imide groups is 1. The first-order valence-corrected chi connectivity index (χ1v) is 9.68. The van der Waals surface area contributed by atoms with Gasteiger partial charge >= 0.3 is 0 Å². The van der Waals surface area contributed by atoms with Crippen LogP contribution in [0.4, 0.5) is 0 Å². The Hall–Kier alpha value is -2.47. The standard InChI is InChI=1S/C21H21BrN2O3/c1-13-5-10-17-18(12-13)21(27)24(20(17)26)11-3-4-19(25)23-14(2)15-6-8-16(22)9-7-15/h5-10,12,14H,3-4,11H2,1-2H3,(H,23,25). The van der Waals surface area contributed by atoms with Gasteiger partial charge in [0, 0.05) is 17.4 Å². The molecule has 140 valence electrons. The number of nitrogens with one attached hydrogen (secondary N) is 1. The predicted molar refractivity (Wildman–Crippen MR) is 106 cm³/mol. The van der Waals surface area contributed by atoms with Gasteiger partial charge in [-0.2, -0.15) is 0 Å². The van der Waals surface area contributed by atoms with E-state index >= 15 is 0 Å². The highest BCUT2D eigenvalue weighted by atomic mass is 79.9. The zero-order chi connectivity index (χ0) is 19.6. The van der Waals surface area contributed by atoms with Gasteiger partial charge < -0.3 is 5.32 Å². The van der Waals surface area contributed by atoms with E-state index in [-0.39, 0.29) is 36.7 Å². The van der Waals surface area contributed by atoms with Gasteiger partial charge in [0.25, 0.3) is 11.8 Å². The Morgan fingerprint density at radius 2 is 1.74 bits per heavy atom. The van der Waals surface area contributed by atoms with Crippen molar-refractivity contribution >= 4 is 33.7 Å². The van der Waals surface area contributed by atoms with Crippen LogP contribution >= 0.6 is 15.9 Å². The Morgan fingerprint density at radius 3 is 2.44 bits per heavy atom. The predicted octanol–water partition coefficient (Wildman–Crippen LogP) is 4.01. The molecule has 0 saturated carbocycles. The molecule has 2 aromatic carbocycles. The lowest BCUT2D eigenvalue weighted by molar-refractivity contribution is -0.121. The summed E-state index contributed by atoms with van der Waals surface area (Å²) in [5.41, 5.74) is 2.85. The molecule has 1 atom stereocenters. The van der Waals surface area contributed by atoms with Gasteiger partial charge in [0.1, 0.15) is 0 Å². The SMILES string of the molecule is Cc1ccc2c(c1)C(=O)N(CCCC(=O)NC(C)c1ccc(Br)cc1)C2=O. The molecule has 1 N–H and O–H groups in total. The summed E-state index contributed by atoms with van der Waals surface area (Å²) in [4.78, 5) is 38.2. The molecule has 0 spiro atoms. The van der Waals surface area contributed by atoms with Crippen LogP contribution in [0.15, 0.2) is 46.9 Å². The molecule has 1 aliphatic rings. The molecule has 1 aliphatic heterocycles. The van der Waals surface area contributed by atoms with Gasteiger partial charge in [-0.15, -0.1) is 0 Å². The number of rotatable bonds is 6. The maximum absolute atomic E-state index is 12.4. The second kappa shape index (κ2) is 8.05. The maximum atomic E-state index is 12.4. The van der Waals surface area contributed by atoms with Crippen molar-refractivity contribution in [2.75, 3.05) is 6.54 Å². The van der Waals surface area contributed by atoms with Crippen LogP contribution in [0.3, 0.4) is 0 Å². The number of hydrogen-bond acceptors (Lipinski definition) is 3. The molecule has 3 amide bonds. The van der Waals surface area contributed by atoms with Crippen molar-refractivity contribution < 1.29 is 14.4 Å². The second-order valence-corrected chi connectivity index (χ2v) is 7.67. The molecule has 6 heteroatoms. The highest BCUT2D eigenvalue weighted by Crippen LogP contribution is 2.24. The molecule has 3 rings (SSSR count). The average molecular weight is 429 g/mol. The van der Waals surface area contributed by atoms with Crippen molar-refractivity contribution in [3.8, 4) is 0 Å². The Balaban J connectivity index is 1.51. The van der Waals surface area contributed by atoms with E-state index in [4.69, 9.17) is 0 Å². The van der Waals surface area contributed by atoms with E-state index < -0.39 is 0 Å². The summed E-state index contributed by atoms with van der Waals surface area (Å²) in [7, 11) is 0. The number of amides is 3. The average Bonchev–Trinajstić information content (AvgIpc) is 2.86. The van der Waals surface area contributed by atoms with E-state index in [0.717, 1.165) is 15.6 Å². The fraction of sp³-hybridized carbons (Fsp3) is 0.286. The Labute approximate surface area is 166 Å². The molecule has 1 heterocycles. The Morgan fingerprint density at radius 1 is 1.07 bits per heavy atom. The minimum atomic E-state index is -0.279. The zero-order valence-electron chi connectivity index (χ0n) is 15.3. The summed E-state index contributed by atoms with van der Waals surface area (Å²) in [6.45, 7) is 4.05. The fourth-order valence-electron chi connectivity index (χ4n) is 3.15. The topological polar surface area (TPSA) is 66.5 Å². The third-order valence-corrected chi connectivity index (χ3v) is 5.19. The molecular formula is C21H21BrN2O3. The van der Waals surface area contributed by atoms with E-state index in [9.17, 15) is 14.4 Å².